The van der Waals surface area contributed by atoms with Crippen molar-refractivity contribution in [2.45, 2.75) is 12.8 Å². The van der Waals surface area contributed by atoms with Gasteiger partial charge in [0.25, 0.3) is 0 Å². The zero-order valence-electron chi connectivity index (χ0n) is 11.0. The van der Waals surface area contributed by atoms with Gasteiger partial charge in [-0.1, -0.05) is 12.1 Å². The summed E-state index contributed by atoms with van der Waals surface area (Å²) in [4.78, 5) is 0. The summed E-state index contributed by atoms with van der Waals surface area (Å²) in [5, 5.41) is 0. The van der Waals surface area contributed by atoms with Crippen molar-refractivity contribution >= 4 is 12.4 Å². The minimum absolute atomic E-state index is 0. The molecule has 2 nitrogen and oxygen atoms in total. The number of halogens is 3. The molecule has 0 atom stereocenters. The Morgan fingerprint density at radius 1 is 1.21 bits per heavy atom. The molecule has 7 heteroatoms. The monoisotopic (exact) mass is 298 g/mol. The van der Waals surface area contributed by atoms with Crippen LogP contribution in [-0.2, 0) is 4.74 Å². The third kappa shape index (κ3) is 5.77. The Morgan fingerprint density at radius 2 is 1.89 bits per heavy atom. The summed E-state index contributed by atoms with van der Waals surface area (Å²) in [6.07, 6.45) is 1.81. The number of benzene rings is 1. The van der Waals surface area contributed by atoms with Crippen molar-refractivity contribution < 1.29 is 73.8 Å². The second kappa shape index (κ2) is 8.05. The fourth-order valence-electron chi connectivity index (χ4n) is 1.94. The van der Waals surface area contributed by atoms with E-state index in [1.807, 2.05) is 0 Å². The van der Waals surface area contributed by atoms with Crippen LogP contribution < -0.4 is 61.6 Å². The molecule has 1 aliphatic heterocycles. The summed E-state index contributed by atoms with van der Waals surface area (Å²) in [6.45, 7) is -3.08. The van der Waals surface area contributed by atoms with Crippen molar-refractivity contribution in [3.05, 3.63) is 24.3 Å². The first-order valence-electron chi connectivity index (χ1n) is 6.06. The normalized spacial score (nSPS) is 16.8. The van der Waals surface area contributed by atoms with Crippen LogP contribution in [0, 0.1) is 5.92 Å². The predicted molar refractivity (Wildman–Crippen MR) is 64.2 cm³/mol. The molecule has 1 heterocycles. The van der Waals surface area contributed by atoms with Crippen molar-refractivity contribution in [1.82, 2.24) is 0 Å². The van der Waals surface area contributed by atoms with E-state index >= 15 is 0 Å². The summed E-state index contributed by atoms with van der Waals surface area (Å²) in [5.41, 5.74) is -0.612. The van der Waals surface area contributed by atoms with Crippen molar-refractivity contribution in [3.63, 3.8) is 0 Å². The molecule has 0 amide bonds. The first-order chi connectivity index (χ1) is 8.55. The van der Waals surface area contributed by atoms with Crippen molar-refractivity contribution in [3.8, 4) is 5.75 Å². The average molecular weight is 298 g/mol. The van der Waals surface area contributed by atoms with E-state index in [0.717, 1.165) is 25.0 Å². The molecule has 0 saturated carbocycles. The van der Waals surface area contributed by atoms with Crippen LogP contribution in [0.25, 0.3) is 0 Å². The summed E-state index contributed by atoms with van der Waals surface area (Å²) in [5.74, 6) is 0.664. The Hall–Kier alpha value is 0.471. The number of hydrogen-bond donors (Lipinski definition) is 0. The Labute approximate surface area is 153 Å². The molecule has 0 unspecified atom stereocenters. The molecule has 2 rings (SSSR count). The van der Waals surface area contributed by atoms with Crippen LogP contribution in [0.1, 0.15) is 12.8 Å². The largest absolute Gasteiger partial charge is 1.00 e. The van der Waals surface area contributed by atoms with Gasteiger partial charge in [-0.25, -0.2) is 0 Å². The molecule has 100 valence electrons. The molecular formula is C12H15BF3KO2. The molecule has 0 aliphatic carbocycles. The van der Waals surface area contributed by atoms with Gasteiger partial charge < -0.3 is 22.4 Å². The van der Waals surface area contributed by atoms with Crippen molar-refractivity contribution in [2.24, 2.45) is 5.92 Å². The molecule has 1 aromatic rings. The molecule has 0 N–H and O–H groups in total. The van der Waals surface area contributed by atoms with E-state index in [1.54, 1.807) is 6.07 Å². The number of hydrogen-bond acceptors (Lipinski definition) is 2. The van der Waals surface area contributed by atoms with E-state index in [9.17, 15) is 12.9 Å². The fourth-order valence-corrected chi connectivity index (χ4v) is 1.94. The smallest absolute Gasteiger partial charge is 0.493 e. The summed E-state index contributed by atoms with van der Waals surface area (Å²) < 4.78 is 48.3. The maximum atomic E-state index is 12.6. The van der Waals surface area contributed by atoms with Gasteiger partial charge in [-0.2, -0.15) is 0 Å². The van der Waals surface area contributed by atoms with Gasteiger partial charge in [0, 0.05) is 13.2 Å². The standard InChI is InChI=1S/C12H15BF3O2.K/c14-13(15,16)11-2-1-3-12(8-11)18-9-10-4-6-17-7-5-10;/h1-3,8,10H,4-7,9H2;/q-1;+1. The zero-order valence-corrected chi connectivity index (χ0v) is 14.1. The van der Waals surface area contributed by atoms with E-state index < -0.39 is 12.4 Å². The Bertz CT molecular complexity index is 395. The Kier molecular flexibility index (Phi) is 7.42. The molecule has 0 spiro atoms. The molecule has 0 radical (unpaired) electrons. The van der Waals surface area contributed by atoms with Crippen LogP contribution in [0.3, 0.4) is 0 Å². The minimum Gasteiger partial charge on any atom is -0.493 e. The van der Waals surface area contributed by atoms with E-state index in [2.05, 4.69) is 0 Å². The zero-order chi connectivity index (χ0) is 13.0. The molecule has 1 saturated heterocycles. The summed E-state index contributed by atoms with van der Waals surface area (Å²) in [7, 11) is 0. The molecule has 1 fully saturated rings. The molecule has 19 heavy (non-hydrogen) atoms. The third-order valence-electron chi connectivity index (χ3n) is 3.06. The van der Waals surface area contributed by atoms with Crippen LogP contribution in [0.5, 0.6) is 5.75 Å². The van der Waals surface area contributed by atoms with Gasteiger partial charge in [-0.05, 0) is 30.9 Å². The predicted octanol–water partition coefficient (Wildman–Crippen LogP) is -0.450. The van der Waals surface area contributed by atoms with E-state index in [4.69, 9.17) is 9.47 Å². The topological polar surface area (TPSA) is 18.5 Å². The minimum atomic E-state index is -4.96. The molecular weight excluding hydrogens is 283 g/mol. The van der Waals surface area contributed by atoms with Gasteiger partial charge in [-0.3, -0.25) is 0 Å². The molecule has 0 aromatic heterocycles. The SMILES string of the molecule is F[B-](F)(F)c1cccc(OCC2CCOCC2)c1.[K+]. The van der Waals surface area contributed by atoms with Crippen LogP contribution >= 0.6 is 0 Å². The maximum absolute atomic E-state index is 12.6. The Morgan fingerprint density at radius 3 is 2.53 bits per heavy atom. The summed E-state index contributed by atoms with van der Waals surface area (Å²) in [6, 6.07) is 5.08. The quantitative estimate of drug-likeness (QED) is 0.701. The van der Waals surface area contributed by atoms with Crippen LogP contribution in [0.4, 0.5) is 12.9 Å². The van der Waals surface area contributed by atoms with Gasteiger partial charge in [0.1, 0.15) is 5.75 Å². The second-order valence-corrected chi connectivity index (χ2v) is 4.51. The van der Waals surface area contributed by atoms with Crippen LogP contribution in [-0.4, -0.2) is 26.8 Å². The third-order valence-corrected chi connectivity index (χ3v) is 3.06. The van der Waals surface area contributed by atoms with Crippen LogP contribution in [0.2, 0.25) is 0 Å². The maximum Gasteiger partial charge on any atom is 1.00 e. The Balaban J connectivity index is 0.00000180. The first-order valence-corrected chi connectivity index (χ1v) is 6.06. The van der Waals surface area contributed by atoms with Gasteiger partial charge >= 0.3 is 58.4 Å². The second-order valence-electron chi connectivity index (χ2n) is 4.51. The van der Waals surface area contributed by atoms with E-state index in [1.165, 1.54) is 6.07 Å². The van der Waals surface area contributed by atoms with Gasteiger partial charge in [0.05, 0.1) is 6.61 Å². The van der Waals surface area contributed by atoms with E-state index in [0.29, 0.717) is 25.7 Å². The van der Waals surface area contributed by atoms with Crippen LogP contribution in [0.15, 0.2) is 24.3 Å². The average Bonchev–Trinajstić information content (AvgIpc) is 2.37. The van der Waals surface area contributed by atoms with Gasteiger partial charge in [0.2, 0.25) is 0 Å². The number of ether oxygens (including phenoxy) is 2. The van der Waals surface area contributed by atoms with Crippen molar-refractivity contribution in [1.29, 1.82) is 0 Å². The fraction of sp³-hybridized carbons (Fsp3) is 0.500. The molecule has 0 bridgehead atoms. The molecule has 1 aliphatic rings. The van der Waals surface area contributed by atoms with Crippen molar-refractivity contribution in [2.75, 3.05) is 19.8 Å². The summed E-state index contributed by atoms with van der Waals surface area (Å²) >= 11 is 0. The number of rotatable bonds is 4. The van der Waals surface area contributed by atoms with Gasteiger partial charge in [-0.15, -0.1) is 5.46 Å². The van der Waals surface area contributed by atoms with Gasteiger partial charge in [0.15, 0.2) is 0 Å². The van der Waals surface area contributed by atoms with E-state index in [-0.39, 0.29) is 57.1 Å². The first kappa shape index (κ1) is 17.5. The molecule has 1 aromatic carbocycles.